The van der Waals surface area contributed by atoms with E-state index in [4.69, 9.17) is 11.6 Å². The average Bonchev–Trinajstić information content (AvgIpc) is 2.69. The molecule has 3 rings (SSSR count). The molecule has 1 aliphatic carbocycles. The van der Waals surface area contributed by atoms with Crippen LogP contribution >= 0.6 is 11.6 Å². The maximum Gasteiger partial charge on any atom is 0.255 e. The van der Waals surface area contributed by atoms with Crippen molar-refractivity contribution in [1.29, 1.82) is 0 Å². The lowest BCUT2D eigenvalue weighted by Gasteiger charge is -2.20. The van der Waals surface area contributed by atoms with E-state index < -0.39 is 0 Å². The van der Waals surface area contributed by atoms with Crippen LogP contribution in [0.2, 0.25) is 5.02 Å². The molecule has 5 heteroatoms. The maximum atomic E-state index is 12.4. The Labute approximate surface area is 165 Å². The van der Waals surface area contributed by atoms with Crippen LogP contribution in [0.25, 0.3) is 0 Å². The molecule has 27 heavy (non-hydrogen) atoms. The van der Waals surface area contributed by atoms with Crippen LogP contribution in [0.1, 0.15) is 53.6 Å². The van der Waals surface area contributed by atoms with Crippen LogP contribution in [-0.4, -0.2) is 11.8 Å². The monoisotopic (exact) mass is 384 g/mol. The molecule has 1 saturated carbocycles. The second-order valence-electron chi connectivity index (χ2n) is 7.16. The topological polar surface area (TPSA) is 58.2 Å². The van der Waals surface area contributed by atoms with Crippen LogP contribution in [0.4, 0.5) is 5.69 Å². The first-order chi connectivity index (χ1) is 13.0. The minimum atomic E-state index is -0.168. The van der Waals surface area contributed by atoms with E-state index in [9.17, 15) is 9.59 Å². The van der Waals surface area contributed by atoms with Crippen LogP contribution in [0, 0.1) is 12.8 Å². The molecule has 0 aromatic heterocycles. The molecule has 1 fully saturated rings. The van der Waals surface area contributed by atoms with Gasteiger partial charge in [-0.05, 0) is 61.2 Å². The summed E-state index contributed by atoms with van der Waals surface area (Å²) in [6, 6.07) is 12.7. The number of nitrogens with one attached hydrogen (secondary N) is 2. The first-order valence-electron chi connectivity index (χ1n) is 9.47. The van der Waals surface area contributed by atoms with Crippen molar-refractivity contribution in [3.05, 3.63) is 64.2 Å². The first kappa shape index (κ1) is 19.4. The number of hydrogen-bond donors (Lipinski definition) is 2. The zero-order valence-corrected chi connectivity index (χ0v) is 16.3. The molecule has 0 aliphatic heterocycles. The fourth-order valence-electron chi connectivity index (χ4n) is 3.43. The van der Waals surface area contributed by atoms with Gasteiger partial charge in [0, 0.05) is 28.7 Å². The highest BCUT2D eigenvalue weighted by molar-refractivity contribution is 6.30. The number of benzene rings is 2. The van der Waals surface area contributed by atoms with Gasteiger partial charge in [0.2, 0.25) is 5.91 Å². The molecular weight excluding hydrogens is 360 g/mol. The Morgan fingerprint density at radius 1 is 1.04 bits per heavy atom. The summed E-state index contributed by atoms with van der Waals surface area (Å²) in [5.74, 6) is 0.138. The van der Waals surface area contributed by atoms with Crippen LogP contribution < -0.4 is 10.6 Å². The quantitative estimate of drug-likeness (QED) is 0.753. The lowest BCUT2D eigenvalue weighted by Crippen LogP contribution is -2.31. The van der Waals surface area contributed by atoms with Gasteiger partial charge in [-0.15, -0.1) is 0 Å². The van der Waals surface area contributed by atoms with E-state index in [0.717, 1.165) is 42.5 Å². The van der Waals surface area contributed by atoms with Gasteiger partial charge >= 0.3 is 0 Å². The molecule has 0 bridgehead atoms. The molecule has 0 radical (unpaired) electrons. The number of aryl methyl sites for hydroxylation is 1. The standard InChI is InChI=1S/C22H25ClN2O2/c1-15-13-19(23)11-12-20(15)25-22(27)18-9-7-16(8-10-18)14-24-21(26)17-5-3-2-4-6-17/h7-13,17H,2-6,14H2,1H3,(H,24,26)(H,25,27). The minimum absolute atomic E-state index is 0.148. The average molecular weight is 385 g/mol. The molecular formula is C22H25ClN2O2. The predicted molar refractivity (Wildman–Crippen MR) is 109 cm³/mol. The molecule has 0 heterocycles. The number of carbonyl (C=O) groups excluding carboxylic acids is 2. The van der Waals surface area contributed by atoms with Gasteiger partial charge < -0.3 is 10.6 Å². The third-order valence-electron chi connectivity index (χ3n) is 5.10. The van der Waals surface area contributed by atoms with Gasteiger partial charge in [0.1, 0.15) is 0 Å². The van der Waals surface area contributed by atoms with Crippen LogP contribution in [0.15, 0.2) is 42.5 Å². The van der Waals surface area contributed by atoms with Crippen LogP contribution in [0.5, 0.6) is 0 Å². The summed E-state index contributed by atoms with van der Waals surface area (Å²) in [5, 5.41) is 6.56. The summed E-state index contributed by atoms with van der Waals surface area (Å²) in [7, 11) is 0. The smallest absolute Gasteiger partial charge is 0.255 e. The first-order valence-corrected chi connectivity index (χ1v) is 9.85. The van der Waals surface area contributed by atoms with Gasteiger partial charge in [-0.1, -0.05) is 43.0 Å². The Hall–Kier alpha value is -2.33. The van der Waals surface area contributed by atoms with Crippen molar-refractivity contribution < 1.29 is 9.59 Å². The Bertz CT molecular complexity index is 812. The number of anilines is 1. The lowest BCUT2D eigenvalue weighted by atomic mass is 9.88. The fraction of sp³-hybridized carbons (Fsp3) is 0.364. The lowest BCUT2D eigenvalue weighted by molar-refractivity contribution is -0.126. The van der Waals surface area contributed by atoms with Crippen molar-refractivity contribution in [3.8, 4) is 0 Å². The summed E-state index contributed by atoms with van der Waals surface area (Å²) >= 11 is 5.95. The molecule has 2 aromatic carbocycles. The molecule has 0 spiro atoms. The highest BCUT2D eigenvalue weighted by Gasteiger charge is 2.20. The Morgan fingerprint density at radius 2 is 1.74 bits per heavy atom. The number of carbonyl (C=O) groups is 2. The molecule has 4 nitrogen and oxygen atoms in total. The van der Waals surface area contributed by atoms with Gasteiger partial charge in [-0.2, -0.15) is 0 Å². The van der Waals surface area contributed by atoms with E-state index >= 15 is 0 Å². The van der Waals surface area contributed by atoms with E-state index in [0.29, 0.717) is 17.1 Å². The third-order valence-corrected chi connectivity index (χ3v) is 5.33. The molecule has 2 amide bonds. The molecule has 2 N–H and O–H groups in total. The van der Waals surface area contributed by atoms with Crippen molar-refractivity contribution in [2.75, 3.05) is 5.32 Å². The highest BCUT2D eigenvalue weighted by Crippen LogP contribution is 2.24. The second-order valence-corrected chi connectivity index (χ2v) is 7.60. The number of halogens is 1. The Kier molecular flexibility index (Phi) is 6.51. The van der Waals surface area contributed by atoms with Crippen LogP contribution in [0.3, 0.4) is 0 Å². The SMILES string of the molecule is Cc1cc(Cl)ccc1NC(=O)c1ccc(CNC(=O)C2CCCCC2)cc1. The molecule has 2 aromatic rings. The summed E-state index contributed by atoms with van der Waals surface area (Å²) in [4.78, 5) is 24.6. The van der Waals surface area contributed by atoms with Crippen molar-refractivity contribution in [3.63, 3.8) is 0 Å². The number of amides is 2. The van der Waals surface area contributed by atoms with Crippen molar-refractivity contribution in [2.24, 2.45) is 5.92 Å². The van der Waals surface area contributed by atoms with Gasteiger partial charge in [-0.25, -0.2) is 0 Å². The van der Waals surface area contributed by atoms with Crippen molar-refractivity contribution in [1.82, 2.24) is 5.32 Å². The van der Waals surface area contributed by atoms with Crippen molar-refractivity contribution >= 4 is 29.1 Å². The maximum absolute atomic E-state index is 12.4. The van der Waals surface area contributed by atoms with Crippen LogP contribution in [-0.2, 0) is 11.3 Å². The molecule has 1 aliphatic rings. The largest absolute Gasteiger partial charge is 0.352 e. The minimum Gasteiger partial charge on any atom is -0.352 e. The third kappa shape index (κ3) is 5.33. The van der Waals surface area contributed by atoms with E-state index in [-0.39, 0.29) is 17.7 Å². The second kappa shape index (κ2) is 9.05. The van der Waals surface area contributed by atoms with E-state index in [2.05, 4.69) is 10.6 Å². The van der Waals surface area contributed by atoms with E-state index in [1.807, 2.05) is 25.1 Å². The van der Waals surface area contributed by atoms with Gasteiger partial charge in [0.05, 0.1) is 0 Å². The summed E-state index contributed by atoms with van der Waals surface area (Å²) in [5.41, 5.74) is 3.22. The van der Waals surface area contributed by atoms with Gasteiger partial charge in [0.15, 0.2) is 0 Å². The summed E-state index contributed by atoms with van der Waals surface area (Å²) in [6.45, 7) is 2.40. The molecule has 142 valence electrons. The predicted octanol–water partition coefficient (Wildman–Crippen LogP) is 5.10. The molecule has 0 unspecified atom stereocenters. The number of rotatable bonds is 5. The van der Waals surface area contributed by atoms with Gasteiger partial charge in [-0.3, -0.25) is 9.59 Å². The molecule has 0 saturated heterocycles. The molecule has 0 atom stereocenters. The Balaban J connectivity index is 1.54. The summed E-state index contributed by atoms with van der Waals surface area (Å²) < 4.78 is 0. The fourth-order valence-corrected chi connectivity index (χ4v) is 3.66. The van der Waals surface area contributed by atoms with Crippen molar-refractivity contribution in [2.45, 2.75) is 45.6 Å². The number of hydrogen-bond acceptors (Lipinski definition) is 2. The van der Waals surface area contributed by atoms with E-state index in [1.165, 1.54) is 6.42 Å². The van der Waals surface area contributed by atoms with E-state index in [1.54, 1.807) is 24.3 Å². The van der Waals surface area contributed by atoms with Gasteiger partial charge in [0.25, 0.3) is 5.91 Å². The normalized spacial score (nSPS) is 14.6. The zero-order valence-electron chi connectivity index (χ0n) is 15.6. The summed E-state index contributed by atoms with van der Waals surface area (Å²) in [6.07, 6.45) is 5.52. The Morgan fingerprint density at radius 3 is 2.41 bits per heavy atom. The zero-order chi connectivity index (χ0) is 19.2. The highest BCUT2D eigenvalue weighted by atomic mass is 35.5.